The Labute approximate surface area is 237 Å². The maximum Gasteiger partial charge on any atom is 0.416 e. The van der Waals surface area contributed by atoms with Crippen molar-refractivity contribution in [1.29, 1.82) is 0 Å². The number of carbonyl (C=O) groups excluding carboxylic acids is 1. The number of aromatic nitrogens is 3. The first kappa shape index (κ1) is 29.4. The molecule has 1 amide bonds. The number of carbonyl (C=O) groups is 2. The summed E-state index contributed by atoms with van der Waals surface area (Å²) in [5, 5.41) is 16.9. The second-order valence-corrected chi connectivity index (χ2v) is 10.5. The molecule has 0 saturated heterocycles. The number of hydrogen-bond acceptors (Lipinski definition) is 4. The molecule has 0 bridgehead atoms. The summed E-state index contributed by atoms with van der Waals surface area (Å²) in [7, 11) is 0. The molecule has 2 aromatic carbocycles. The number of halogens is 5. The van der Waals surface area contributed by atoms with Gasteiger partial charge in [0.2, 0.25) is 0 Å². The lowest BCUT2D eigenvalue weighted by Gasteiger charge is -2.20. The molecule has 4 aromatic rings. The molecule has 210 valence electrons. The second-order valence-electron chi connectivity index (χ2n) is 9.71. The molecule has 1 atom stereocenters. The lowest BCUT2D eigenvalue weighted by Crippen LogP contribution is -2.27. The Hall–Kier alpha value is -3.63. The number of carboxylic acid groups (broad SMARTS) is 1. The van der Waals surface area contributed by atoms with E-state index in [1.807, 2.05) is 6.20 Å². The van der Waals surface area contributed by atoms with Gasteiger partial charge in [0.25, 0.3) is 5.91 Å². The third kappa shape index (κ3) is 6.74. The highest BCUT2D eigenvalue weighted by molar-refractivity contribution is 6.37. The highest BCUT2D eigenvalue weighted by atomic mass is 35.5. The van der Waals surface area contributed by atoms with Crippen LogP contribution in [0.2, 0.25) is 10.0 Å². The first-order valence-corrected chi connectivity index (χ1v) is 13.1. The summed E-state index contributed by atoms with van der Waals surface area (Å²) < 4.78 is 41.1. The molecule has 2 heterocycles. The minimum Gasteiger partial charge on any atom is -0.481 e. The molecule has 2 N–H and O–H groups in total. The number of fused-ring (bicyclic) bond motifs is 1. The quantitative estimate of drug-likeness (QED) is 0.213. The number of aliphatic carboxylic acids is 1. The van der Waals surface area contributed by atoms with Gasteiger partial charge in [-0.1, -0.05) is 49.2 Å². The Balaban J connectivity index is 1.65. The first-order valence-electron chi connectivity index (χ1n) is 12.3. The number of pyridine rings is 1. The predicted molar refractivity (Wildman–Crippen MR) is 147 cm³/mol. The van der Waals surface area contributed by atoms with Crippen LogP contribution < -0.4 is 5.32 Å². The van der Waals surface area contributed by atoms with Crippen LogP contribution in [0, 0.1) is 5.92 Å². The van der Waals surface area contributed by atoms with Crippen LogP contribution in [0.4, 0.5) is 13.2 Å². The molecule has 0 aliphatic carbocycles. The molecule has 0 fully saturated rings. The highest BCUT2D eigenvalue weighted by Gasteiger charge is 2.31. The Morgan fingerprint density at radius 1 is 1.05 bits per heavy atom. The fourth-order valence-corrected chi connectivity index (χ4v) is 4.84. The highest BCUT2D eigenvalue weighted by Crippen LogP contribution is 2.39. The van der Waals surface area contributed by atoms with Crippen LogP contribution >= 0.6 is 23.2 Å². The molecule has 0 saturated carbocycles. The van der Waals surface area contributed by atoms with Crippen molar-refractivity contribution >= 4 is 46.0 Å². The van der Waals surface area contributed by atoms with Gasteiger partial charge >= 0.3 is 12.1 Å². The summed E-state index contributed by atoms with van der Waals surface area (Å²) in [5.41, 5.74) is 1.56. The van der Waals surface area contributed by atoms with Crippen molar-refractivity contribution in [3.05, 3.63) is 81.7 Å². The molecule has 2 aromatic heterocycles. The van der Waals surface area contributed by atoms with Crippen LogP contribution in [0.3, 0.4) is 0 Å². The van der Waals surface area contributed by atoms with E-state index in [0.29, 0.717) is 33.5 Å². The standard InChI is InChI=1S/C28H25Cl2F3N4O3/c1-15(2)9-25(16-3-6-23(35-13-16)27(40)34-8-7-26(38)39)37-14-17-10-20(22(30)12-24(17)36-37)19-5-4-18(11-21(19)29)28(31,32)33/h3-6,10-15,25H,7-9H2,1-2H3,(H,34,40)(H,38,39). The molecule has 40 heavy (non-hydrogen) atoms. The molecule has 12 heteroatoms. The van der Waals surface area contributed by atoms with Crippen molar-refractivity contribution in [2.45, 2.75) is 38.9 Å². The second kappa shape index (κ2) is 11.9. The van der Waals surface area contributed by atoms with Gasteiger partial charge in [-0.2, -0.15) is 18.3 Å². The number of benzene rings is 2. The van der Waals surface area contributed by atoms with Crippen molar-refractivity contribution in [3.63, 3.8) is 0 Å². The van der Waals surface area contributed by atoms with Crippen molar-refractivity contribution in [1.82, 2.24) is 20.1 Å². The molecular weight excluding hydrogens is 568 g/mol. The average Bonchev–Trinajstić information content (AvgIpc) is 3.28. The van der Waals surface area contributed by atoms with Crippen LogP contribution in [-0.4, -0.2) is 38.3 Å². The lowest BCUT2D eigenvalue weighted by atomic mass is 9.98. The van der Waals surface area contributed by atoms with Gasteiger partial charge in [0, 0.05) is 40.5 Å². The van der Waals surface area contributed by atoms with Gasteiger partial charge in [0.15, 0.2) is 0 Å². The fraction of sp³-hybridized carbons (Fsp3) is 0.286. The van der Waals surface area contributed by atoms with E-state index in [1.165, 1.54) is 6.07 Å². The number of carboxylic acids is 1. The van der Waals surface area contributed by atoms with Gasteiger partial charge in [0.1, 0.15) is 5.69 Å². The van der Waals surface area contributed by atoms with Crippen LogP contribution in [0.15, 0.2) is 54.9 Å². The summed E-state index contributed by atoms with van der Waals surface area (Å²) in [6, 6.07) is 9.64. The Bertz CT molecular complexity index is 1550. The Morgan fingerprint density at radius 3 is 2.38 bits per heavy atom. The monoisotopic (exact) mass is 592 g/mol. The van der Waals surface area contributed by atoms with Gasteiger partial charge in [-0.15, -0.1) is 0 Å². The maximum atomic E-state index is 13.1. The molecular formula is C28H25Cl2F3N4O3. The number of hydrogen-bond donors (Lipinski definition) is 2. The van der Waals surface area contributed by atoms with Crippen molar-refractivity contribution in [2.24, 2.45) is 5.92 Å². The molecule has 0 aliphatic heterocycles. The molecule has 0 radical (unpaired) electrons. The number of nitrogens with zero attached hydrogens (tertiary/aromatic N) is 3. The third-order valence-electron chi connectivity index (χ3n) is 6.24. The lowest BCUT2D eigenvalue weighted by molar-refractivity contribution is -0.138. The van der Waals surface area contributed by atoms with Crippen LogP contribution in [0.25, 0.3) is 22.0 Å². The number of alkyl halides is 3. The Morgan fingerprint density at radius 2 is 1.77 bits per heavy atom. The van der Waals surface area contributed by atoms with Gasteiger partial charge < -0.3 is 10.4 Å². The predicted octanol–water partition coefficient (Wildman–Crippen LogP) is 7.26. The average molecular weight is 593 g/mol. The van der Waals surface area contributed by atoms with E-state index in [-0.39, 0.29) is 35.6 Å². The topological polar surface area (TPSA) is 97.1 Å². The fourth-order valence-electron chi connectivity index (χ4n) is 4.29. The number of amides is 1. The maximum absolute atomic E-state index is 13.1. The zero-order valence-corrected chi connectivity index (χ0v) is 23.0. The molecule has 0 aliphatic rings. The van der Waals surface area contributed by atoms with Gasteiger partial charge in [-0.3, -0.25) is 19.3 Å². The molecule has 7 nitrogen and oxygen atoms in total. The van der Waals surface area contributed by atoms with E-state index in [4.69, 9.17) is 33.4 Å². The van der Waals surface area contributed by atoms with Crippen LogP contribution in [0.1, 0.15) is 54.3 Å². The van der Waals surface area contributed by atoms with E-state index in [0.717, 1.165) is 17.7 Å². The summed E-state index contributed by atoms with van der Waals surface area (Å²) in [6.07, 6.45) is -0.590. The molecule has 1 unspecified atom stereocenters. The SMILES string of the molecule is CC(C)CC(c1ccc(C(=O)NCCC(=O)O)nc1)n1cc2cc(-c3ccc(C(F)(F)F)cc3Cl)c(Cl)cc2n1. The van der Waals surface area contributed by atoms with E-state index in [9.17, 15) is 22.8 Å². The largest absolute Gasteiger partial charge is 0.481 e. The van der Waals surface area contributed by atoms with Crippen LogP contribution in [0.5, 0.6) is 0 Å². The summed E-state index contributed by atoms with van der Waals surface area (Å²) in [5.74, 6) is -1.20. The minimum atomic E-state index is -4.51. The van der Waals surface area contributed by atoms with Gasteiger partial charge in [-0.05, 0) is 48.2 Å². The number of rotatable bonds is 9. The van der Waals surface area contributed by atoms with E-state index in [2.05, 4.69) is 24.1 Å². The summed E-state index contributed by atoms with van der Waals surface area (Å²) in [6.45, 7) is 4.13. The smallest absolute Gasteiger partial charge is 0.416 e. The van der Waals surface area contributed by atoms with E-state index >= 15 is 0 Å². The van der Waals surface area contributed by atoms with Crippen molar-refractivity contribution in [2.75, 3.05) is 6.54 Å². The zero-order chi connectivity index (χ0) is 29.2. The van der Waals surface area contributed by atoms with E-state index < -0.39 is 23.6 Å². The van der Waals surface area contributed by atoms with Crippen molar-refractivity contribution in [3.8, 4) is 11.1 Å². The normalized spacial score (nSPS) is 12.6. The van der Waals surface area contributed by atoms with Crippen LogP contribution in [-0.2, 0) is 11.0 Å². The van der Waals surface area contributed by atoms with Gasteiger partial charge in [0.05, 0.1) is 28.6 Å². The molecule has 4 rings (SSSR count). The molecule has 0 spiro atoms. The van der Waals surface area contributed by atoms with E-state index in [1.54, 1.807) is 35.1 Å². The van der Waals surface area contributed by atoms with Gasteiger partial charge in [-0.25, -0.2) is 0 Å². The Kier molecular flexibility index (Phi) is 8.70. The number of nitrogens with one attached hydrogen (secondary N) is 1. The summed E-state index contributed by atoms with van der Waals surface area (Å²) in [4.78, 5) is 27.2. The zero-order valence-electron chi connectivity index (χ0n) is 21.5. The van der Waals surface area contributed by atoms with Crippen molar-refractivity contribution < 1.29 is 27.9 Å². The minimum absolute atomic E-state index is 0.00428. The summed E-state index contributed by atoms with van der Waals surface area (Å²) >= 11 is 12.7. The first-order chi connectivity index (χ1) is 18.8. The third-order valence-corrected chi connectivity index (χ3v) is 6.87.